The second-order valence-electron chi connectivity index (χ2n) is 5.64. The molecule has 0 bridgehead atoms. The summed E-state index contributed by atoms with van der Waals surface area (Å²) in [6.07, 6.45) is 2.02. The number of hydrogen-bond donors (Lipinski definition) is 0. The number of nitrogens with zero attached hydrogens (tertiary/aromatic N) is 3. The number of fused-ring (bicyclic) bond motifs is 1. The Balaban J connectivity index is 1.76. The summed E-state index contributed by atoms with van der Waals surface area (Å²) < 4.78 is 2.06. The first-order valence-electron chi connectivity index (χ1n) is 7.16. The molecule has 1 aromatic carbocycles. The summed E-state index contributed by atoms with van der Waals surface area (Å²) in [6.45, 7) is 6.17. The monoisotopic (exact) mass is 271 g/mol. The van der Waals surface area contributed by atoms with Crippen LogP contribution in [-0.4, -0.2) is 53.5 Å². The molecule has 0 N–H and O–H groups in total. The van der Waals surface area contributed by atoms with Crippen molar-refractivity contribution in [3.63, 3.8) is 0 Å². The summed E-state index contributed by atoms with van der Waals surface area (Å²) in [5.41, 5.74) is 2.40. The van der Waals surface area contributed by atoms with Crippen LogP contribution in [0.3, 0.4) is 0 Å². The van der Waals surface area contributed by atoms with Gasteiger partial charge in [0.05, 0.1) is 0 Å². The van der Waals surface area contributed by atoms with Crippen molar-refractivity contribution < 1.29 is 4.79 Å². The van der Waals surface area contributed by atoms with E-state index in [9.17, 15) is 4.79 Å². The van der Waals surface area contributed by atoms with Gasteiger partial charge in [-0.2, -0.15) is 0 Å². The van der Waals surface area contributed by atoms with E-state index in [0.29, 0.717) is 6.54 Å². The maximum atomic E-state index is 12.4. The van der Waals surface area contributed by atoms with Crippen molar-refractivity contribution in [1.29, 1.82) is 0 Å². The summed E-state index contributed by atoms with van der Waals surface area (Å²) in [7, 11) is 2.10. The molecule has 2 aromatic rings. The molecular weight excluding hydrogens is 250 g/mol. The van der Waals surface area contributed by atoms with Gasteiger partial charge in [0.2, 0.25) is 5.91 Å². The maximum Gasteiger partial charge on any atom is 0.242 e. The molecule has 1 aromatic heterocycles. The van der Waals surface area contributed by atoms with E-state index < -0.39 is 0 Å². The fraction of sp³-hybridized carbons (Fsp3) is 0.438. The van der Waals surface area contributed by atoms with Crippen LogP contribution in [0.2, 0.25) is 0 Å². The van der Waals surface area contributed by atoms with E-state index in [1.54, 1.807) is 0 Å². The van der Waals surface area contributed by atoms with E-state index >= 15 is 0 Å². The normalized spacial score (nSPS) is 16.8. The molecule has 1 aliphatic rings. The highest BCUT2D eigenvalue weighted by Gasteiger charge is 2.19. The predicted octanol–water partition coefficient (Wildman–Crippen LogP) is 1.72. The first-order valence-corrected chi connectivity index (χ1v) is 7.16. The van der Waals surface area contributed by atoms with Crippen LogP contribution < -0.4 is 0 Å². The number of amides is 1. The van der Waals surface area contributed by atoms with Crippen molar-refractivity contribution in [2.45, 2.75) is 13.5 Å². The molecule has 20 heavy (non-hydrogen) atoms. The lowest BCUT2D eigenvalue weighted by Gasteiger charge is -2.32. The third kappa shape index (κ3) is 2.43. The number of hydrogen-bond acceptors (Lipinski definition) is 2. The van der Waals surface area contributed by atoms with E-state index in [1.165, 1.54) is 10.9 Å². The molecule has 0 atom stereocenters. The van der Waals surface area contributed by atoms with Gasteiger partial charge in [-0.3, -0.25) is 4.79 Å². The Kier molecular flexibility index (Phi) is 3.49. The molecule has 4 heteroatoms. The number of piperazine rings is 1. The predicted molar refractivity (Wildman–Crippen MR) is 80.8 cm³/mol. The zero-order valence-electron chi connectivity index (χ0n) is 12.2. The molecule has 0 aliphatic carbocycles. The molecular formula is C16H21N3O. The number of aryl methyl sites for hydroxylation is 1. The number of carbonyl (C=O) groups excluding carboxylic acids is 1. The second kappa shape index (κ2) is 5.29. The van der Waals surface area contributed by atoms with Gasteiger partial charge in [-0.25, -0.2) is 0 Å². The second-order valence-corrected chi connectivity index (χ2v) is 5.64. The molecule has 0 saturated carbocycles. The molecule has 1 amide bonds. The van der Waals surface area contributed by atoms with Crippen LogP contribution in [0.15, 0.2) is 30.5 Å². The Hall–Kier alpha value is -1.81. The average molecular weight is 271 g/mol. The lowest BCUT2D eigenvalue weighted by Crippen LogP contribution is -2.48. The van der Waals surface area contributed by atoms with Crippen molar-refractivity contribution in [3.05, 3.63) is 36.0 Å². The van der Waals surface area contributed by atoms with Gasteiger partial charge in [0, 0.05) is 43.3 Å². The van der Waals surface area contributed by atoms with Crippen molar-refractivity contribution in [3.8, 4) is 0 Å². The number of aromatic nitrogens is 1. The molecule has 4 nitrogen and oxygen atoms in total. The first-order chi connectivity index (χ1) is 9.65. The van der Waals surface area contributed by atoms with Crippen LogP contribution in [-0.2, 0) is 11.3 Å². The highest BCUT2D eigenvalue weighted by atomic mass is 16.2. The van der Waals surface area contributed by atoms with Crippen molar-refractivity contribution in [2.24, 2.45) is 0 Å². The lowest BCUT2D eigenvalue weighted by atomic mass is 10.1. The molecule has 1 aliphatic heterocycles. The molecule has 0 spiro atoms. The minimum Gasteiger partial charge on any atom is -0.339 e. The van der Waals surface area contributed by atoms with Gasteiger partial charge in [0.15, 0.2) is 0 Å². The smallest absolute Gasteiger partial charge is 0.242 e. The minimum absolute atomic E-state index is 0.220. The molecule has 3 rings (SSSR count). The standard InChI is InChI=1S/C16H21N3O/c1-13-4-3-5-15-14(13)6-7-19(15)12-16(20)18-10-8-17(2)9-11-18/h3-7H,8-12H2,1-2H3. The summed E-state index contributed by atoms with van der Waals surface area (Å²) in [5.74, 6) is 0.220. The fourth-order valence-electron chi connectivity index (χ4n) is 2.82. The van der Waals surface area contributed by atoms with Crippen LogP contribution in [0.4, 0.5) is 0 Å². The lowest BCUT2D eigenvalue weighted by molar-refractivity contribution is -0.133. The molecule has 0 unspecified atom stereocenters. The van der Waals surface area contributed by atoms with Gasteiger partial charge in [-0.15, -0.1) is 0 Å². The fourth-order valence-corrected chi connectivity index (χ4v) is 2.82. The van der Waals surface area contributed by atoms with Crippen LogP contribution in [0, 0.1) is 6.92 Å². The first kappa shape index (κ1) is 13.2. The van der Waals surface area contributed by atoms with Gasteiger partial charge < -0.3 is 14.4 Å². The highest BCUT2D eigenvalue weighted by molar-refractivity contribution is 5.85. The van der Waals surface area contributed by atoms with Gasteiger partial charge in [0.25, 0.3) is 0 Å². The maximum absolute atomic E-state index is 12.4. The van der Waals surface area contributed by atoms with Gasteiger partial charge in [-0.1, -0.05) is 12.1 Å². The topological polar surface area (TPSA) is 28.5 Å². The summed E-state index contributed by atoms with van der Waals surface area (Å²) >= 11 is 0. The molecule has 1 fully saturated rings. The van der Waals surface area contributed by atoms with E-state index in [4.69, 9.17) is 0 Å². The third-order valence-electron chi connectivity index (χ3n) is 4.19. The van der Waals surface area contributed by atoms with Crippen molar-refractivity contribution in [2.75, 3.05) is 33.2 Å². The van der Waals surface area contributed by atoms with E-state index in [1.807, 2.05) is 11.1 Å². The zero-order valence-corrected chi connectivity index (χ0v) is 12.2. The van der Waals surface area contributed by atoms with Gasteiger partial charge in [0.1, 0.15) is 6.54 Å². The minimum atomic E-state index is 0.220. The number of likely N-dealkylation sites (N-methyl/N-ethyl adjacent to an activating group) is 1. The van der Waals surface area contributed by atoms with Crippen molar-refractivity contribution >= 4 is 16.8 Å². The number of benzene rings is 1. The Bertz CT molecular complexity index is 624. The summed E-state index contributed by atoms with van der Waals surface area (Å²) in [6, 6.07) is 8.34. The molecule has 1 saturated heterocycles. The Morgan fingerprint density at radius 2 is 1.90 bits per heavy atom. The number of carbonyl (C=O) groups is 1. The number of rotatable bonds is 2. The van der Waals surface area contributed by atoms with Crippen LogP contribution in [0.1, 0.15) is 5.56 Å². The molecule has 106 valence electrons. The van der Waals surface area contributed by atoms with Crippen molar-refractivity contribution in [1.82, 2.24) is 14.4 Å². The third-order valence-corrected chi connectivity index (χ3v) is 4.19. The van der Waals surface area contributed by atoms with Crippen LogP contribution in [0.25, 0.3) is 10.9 Å². The highest BCUT2D eigenvalue weighted by Crippen LogP contribution is 2.19. The van der Waals surface area contributed by atoms with E-state index in [0.717, 1.165) is 31.7 Å². The largest absolute Gasteiger partial charge is 0.339 e. The van der Waals surface area contributed by atoms with Crippen LogP contribution in [0.5, 0.6) is 0 Å². The average Bonchev–Trinajstić information content (AvgIpc) is 2.84. The Labute approximate surface area is 119 Å². The Morgan fingerprint density at radius 3 is 2.65 bits per heavy atom. The van der Waals surface area contributed by atoms with Gasteiger partial charge in [-0.05, 0) is 31.7 Å². The Morgan fingerprint density at radius 1 is 1.15 bits per heavy atom. The SMILES string of the molecule is Cc1cccc2c1ccn2CC(=O)N1CCN(C)CC1. The summed E-state index contributed by atoms with van der Waals surface area (Å²) in [4.78, 5) is 16.6. The quantitative estimate of drug-likeness (QED) is 0.832. The van der Waals surface area contributed by atoms with E-state index in [2.05, 4.69) is 47.7 Å². The van der Waals surface area contributed by atoms with E-state index in [-0.39, 0.29) is 5.91 Å². The van der Waals surface area contributed by atoms with Gasteiger partial charge >= 0.3 is 0 Å². The van der Waals surface area contributed by atoms with Crippen LogP contribution >= 0.6 is 0 Å². The summed E-state index contributed by atoms with van der Waals surface area (Å²) in [5, 5.41) is 1.23. The molecule has 2 heterocycles. The molecule has 0 radical (unpaired) electrons. The zero-order chi connectivity index (χ0) is 14.1.